The first kappa shape index (κ1) is 23.5. The highest BCUT2D eigenvalue weighted by atomic mass is 16.5. The van der Waals surface area contributed by atoms with Crippen LogP contribution >= 0.6 is 0 Å². The molecule has 0 aliphatic heterocycles. The van der Waals surface area contributed by atoms with E-state index in [1.165, 1.54) is 0 Å². The summed E-state index contributed by atoms with van der Waals surface area (Å²) in [5, 5.41) is 28.8. The lowest BCUT2D eigenvalue weighted by Crippen LogP contribution is -2.13. The number of hydrogen-bond acceptors (Lipinski definition) is 5. The summed E-state index contributed by atoms with van der Waals surface area (Å²) in [7, 11) is 1.91. The van der Waals surface area contributed by atoms with Crippen LogP contribution in [0.15, 0.2) is 67.1 Å². The van der Waals surface area contributed by atoms with E-state index in [9.17, 15) is 15.8 Å². The number of aryl methyl sites for hydroxylation is 2. The van der Waals surface area contributed by atoms with Gasteiger partial charge in [0.1, 0.15) is 6.10 Å². The Balaban J connectivity index is 1.81. The summed E-state index contributed by atoms with van der Waals surface area (Å²) in [6.07, 6.45) is 3.00. The molecule has 3 aromatic carbocycles. The summed E-state index contributed by atoms with van der Waals surface area (Å²) in [6.45, 7) is 4.02. The minimum atomic E-state index is -0.486. The third-order valence-corrected chi connectivity index (χ3v) is 6.19. The van der Waals surface area contributed by atoms with Crippen LogP contribution in [0.25, 0.3) is 11.1 Å². The molecule has 170 valence electrons. The lowest BCUT2D eigenvalue weighted by atomic mass is 9.89. The van der Waals surface area contributed by atoms with Crippen molar-refractivity contribution in [1.82, 2.24) is 9.55 Å². The summed E-state index contributed by atoms with van der Waals surface area (Å²) in [5.74, 6) is 0. The Bertz CT molecular complexity index is 1510. The molecule has 0 radical (unpaired) electrons. The molecule has 4 rings (SSSR count). The maximum Gasteiger partial charge on any atom is 0.125 e. The normalized spacial score (nSPS) is 11.3. The first-order chi connectivity index (χ1) is 17.0. The Hall–Kier alpha value is -4.70. The van der Waals surface area contributed by atoms with Gasteiger partial charge in [0.25, 0.3) is 0 Å². The van der Waals surface area contributed by atoms with Gasteiger partial charge in [0.15, 0.2) is 0 Å². The molecular weight excluding hydrogens is 434 g/mol. The predicted octanol–water partition coefficient (Wildman–Crippen LogP) is 5.63. The first-order valence-corrected chi connectivity index (χ1v) is 11.1. The van der Waals surface area contributed by atoms with Gasteiger partial charge in [-0.05, 0) is 53.8 Å². The molecule has 1 heterocycles. The highest BCUT2D eigenvalue weighted by Crippen LogP contribution is 2.36. The fourth-order valence-corrected chi connectivity index (χ4v) is 4.32. The summed E-state index contributed by atoms with van der Waals surface area (Å²) >= 11 is 0. The van der Waals surface area contributed by atoms with Crippen LogP contribution in [0, 0.1) is 47.8 Å². The van der Waals surface area contributed by atoms with Gasteiger partial charge in [0.2, 0.25) is 0 Å². The van der Waals surface area contributed by atoms with Crippen LogP contribution in [0.5, 0.6) is 0 Å². The molecule has 35 heavy (non-hydrogen) atoms. The molecule has 0 fully saturated rings. The molecule has 6 nitrogen and oxygen atoms in total. The molecule has 1 unspecified atom stereocenters. The van der Waals surface area contributed by atoms with Crippen molar-refractivity contribution in [2.24, 2.45) is 7.05 Å². The lowest BCUT2D eigenvalue weighted by Gasteiger charge is -2.23. The number of hydrogen-bond donors (Lipinski definition) is 0. The van der Waals surface area contributed by atoms with Gasteiger partial charge in [-0.3, -0.25) is 0 Å². The largest absolute Gasteiger partial charge is 0.362 e. The van der Waals surface area contributed by atoms with Crippen molar-refractivity contribution in [3.8, 4) is 29.3 Å². The van der Waals surface area contributed by atoms with Crippen LogP contribution in [-0.2, 0) is 18.4 Å². The van der Waals surface area contributed by atoms with Crippen LogP contribution in [0.4, 0.5) is 0 Å². The fraction of sp³-hybridized carbons (Fsp3) is 0.172. The molecule has 0 aliphatic rings. The second-order valence-electron chi connectivity index (χ2n) is 8.35. The molecule has 1 atom stereocenters. The SMILES string of the molecule is Cc1cc(COC(c2ccc(C#N)c(-c3ccccc3)c2C)c2cncn2C)c(C#N)cc1C#N. The standard InChI is InChI=1S/C29H23N5O/c1-19-11-25(24(15-32)12-23(19)14-31)17-35-29(27-16-33-18-34(27)3)26-10-9-22(13-30)28(20(26)2)21-7-5-4-6-8-21/h4-12,16,18,29H,17H2,1-3H3. The van der Waals surface area contributed by atoms with Gasteiger partial charge in [0.05, 0.1) is 59.7 Å². The number of nitriles is 3. The third kappa shape index (κ3) is 4.55. The molecule has 1 aromatic heterocycles. The monoisotopic (exact) mass is 457 g/mol. The molecule has 6 heteroatoms. The number of rotatable bonds is 6. The van der Waals surface area contributed by atoms with Gasteiger partial charge in [-0.1, -0.05) is 42.5 Å². The molecule has 4 aromatic rings. The van der Waals surface area contributed by atoms with Gasteiger partial charge in [-0.25, -0.2) is 4.98 Å². The number of benzene rings is 3. The predicted molar refractivity (Wildman–Crippen MR) is 132 cm³/mol. The quantitative estimate of drug-likeness (QED) is 0.374. The van der Waals surface area contributed by atoms with Crippen molar-refractivity contribution in [1.29, 1.82) is 15.8 Å². The first-order valence-electron chi connectivity index (χ1n) is 11.1. The van der Waals surface area contributed by atoms with Crippen molar-refractivity contribution in [3.63, 3.8) is 0 Å². The zero-order chi connectivity index (χ0) is 24.9. The lowest BCUT2D eigenvalue weighted by molar-refractivity contribution is 0.0617. The van der Waals surface area contributed by atoms with E-state index in [-0.39, 0.29) is 6.61 Å². The topological polar surface area (TPSA) is 98.4 Å². The van der Waals surface area contributed by atoms with Gasteiger partial charge in [-0.15, -0.1) is 0 Å². The Morgan fingerprint density at radius 2 is 1.63 bits per heavy atom. The van der Waals surface area contributed by atoms with E-state index in [1.807, 2.05) is 74.0 Å². The summed E-state index contributed by atoms with van der Waals surface area (Å²) in [5.41, 5.74) is 7.52. The van der Waals surface area contributed by atoms with Gasteiger partial charge >= 0.3 is 0 Å². The van der Waals surface area contributed by atoms with Crippen LogP contribution in [0.1, 0.15) is 50.7 Å². The van der Waals surface area contributed by atoms with Gasteiger partial charge in [-0.2, -0.15) is 15.8 Å². The minimum absolute atomic E-state index is 0.172. The van der Waals surface area contributed by atoms with Crippen molar-refractivity contribution in [2.75, 3.05) is 0 Å². The van der Waals surface area contributed by atoms with E-state index in [0.29, 0.717) is 22.3 Å². The fourth-order valence-electron chi connectivity index (χ4n) is 4.32. The Kier molecular flexibility index (Phi) is 6.74. The molecular formula is C29H23N5O. The molecule has 0 saturated carbocycles. The molecule has 0 N–H and O–H groups in total. The van der Waals surface area contributed by atoms with Crippen LogP contribution in [0.3, 0.4) is 0 Å². The van der Waals surface area contributed by atoms with Crippen LogP contribution < -0.4 is 0 Å². The average Bonchev–Trinajstić information content (AvgIpc) is 3.30. The number of ether oxygens (including phenoxy) is 1. The van der Waals surface area contributed by atoms with E-state index in [0.717, 1.165) is 33.5 Å². The maximum atomic E-state index is 9.79. The van der Waals surface area contributed by atoms with Crippen molar-refractivity contribution in [3.05, 3.63) is 112 Å². The second-order valence-corrected chi connectivity index (χ2v) is 8.35. The zero-order valence-electron chi connectivity index (χ0n) is 19.8. The number of aromatic nitrogens is 2. The Morgan fingerprint density at radius 1 is 0.914 bits per heavy atom. The molecule has 0 aliphatic carbocycles. The third-order valence-electron chi connectivity index (χ3n) is 6.19. The molecule has 0 amide bonds. The summed E-state index contributed by atoms with van der Waals surface area (Å²) in [4.78, 5) is 4.28. The van der Waals surface area contributed by atoms with E-state index >= 15 is 0 Å². The Morgan fingerprint density at radius 3 is 2.26 bits per heavy atom. The highest BCUT2D eigenvalue weighted by Gasteiger charge is 2.24. The minimum Gasteiger partial charge on any atom is -0.362 e. The van der Waals surface area contributed by atoms with Crippen molar-refractivity contribution in [2.45, 2.75) is 26.6 Å². The van der Waals surface area contributed by atoms with E-state index in [2.05, 4.69) is 23.2 Å². The number of nitrogens with zero attached hydrogens (tertiary/aromatic N) is 5. The van der Waals surface area contributed by atoms with Crippen LogP contribution in [0.2, 0.25) is 0 Å². The van der Waals surface area contributed by atoms with E-state index in [1.54, 1.807) is 18.6 Å². The van der Waals surface area contributed by atoms with Crippen molar-refractivity contribution < 1.29 is 4.74 Å². The summed E-state index contributed by atoms with van der Waals surface area (Å²) in [6, 6.07) is 23.6. The highest BCUT2D eigenvalue weighted by molar-refractivity contribution is 5.75. The molecule has 0 bridgehead atoms. The number of imidazole rings is 1. The van der Waals surface area contributed by atoms with Crippen molar-refractivity contribution >= 4 is 0 Å². The van der Waals surface area contributed by atoms with E-state index < -0.39 is 6.10 Å². The maximum absolute atomic E-state index is 9.79. The smallest absolute Gasteiger partial charge is 0.125 e. The van der Waals surface area contributed by atoms with E-state index in [4.69, 9.17) is 4.74 Å². The summed E-state index contributed by atoms with van der Waals surface area (Å²) < 4.78 is 8.38. The zero-order valence-corrected chi connectivity index (χ0v) is 19.8. The molecule has 0 spiro atoms. The molecule has 0 saturated heterocycles. The average molecular weight is 458 g/mol. The Labute approximate surface area is 204 Å². The second kappa shape index (κ2) is 10.1. The van der Waals surface area contributed by atoms with Crippen LogP contribution in [-0.4, -0.2) is 9.55 Å². The van der Waals surface area contributed by atoms with Gasteiger partial charge < -0.3 is 9.30 Å². The van der Waals surface area contributed by atoms with Gasteiger partial charge in [0, 0.05) is 12.6 Å².